The lowest BCUT2D eigenvalue weighted by Gasteiger charge is -1.97. The summed E-state index contributed by atoms with van der Waals surface area (Å²) in [6, 6.07) is 0. The molecule has 4 N–H and O–H groups in total. The first-order valence-electron chi connectivity index (χ1n) is 2.90. The topological polar surface area (TPSA) is 75.3 Å². The molecule has 0 unspecified atom stereocenters. The van der Waals surface area contributed by atoms with E-state index >= 15 is 0 Å². The van der Waals surface area contributed by atoms with Crippen LogP contribution in [0.5, 0.6) is 0 Å². The number of hydrogen-bond acceptors (Lipinski definition) is 3. The predicted octanol–water partition coefficient (Wildman–Crippen LogP) is -0.569. The minimum atomic E-state index is -0.778. The standard InChI is InChI=1S/C5H12N2O2.ClH/c6-2-4-7-3-1-5(8)9;/h7H,1-4,6H2,(H,8,9);1H. The van der Waals surface area contributed by atoms with Gasteiger partial charge in [-0.25, -0.2) is 0 Å². The maximum atomic E-state index is 9.89. The zero-order valence-electron chi connectivity index (χ0n) is 5.67. The molecular formula is C5H13ClN2O2. The summed E-state index contributed by atoms with van der Waals surface area (Å²) in [7, 11) is 0. The molecule has 0 atom stereocenters. The highest BCUT2D eigenvalue weighted by Gasteiger charge is 1.92. The van der Waals surface area contributed by atoms with Crippen LogP contribution in [0.15, 0.2) is 0 Å². The molecule has 0 rings (SSSR count). The van der Waals surface area contributed by atoms with Gasteiger partial charge in [-0.2, -0.15) is 0 Å². The van der Waals surface area contributed by atoms with Gasteiger partial charge in [0.2, 0.25) is 0 Å². The molecule has 0 aromatic rings. The van der Waals surface area contributed by atoms with Crippen molar-refractivity contribution < 1.29 is 9.90 Å². The Bertz CT molecular complexity index is 89.7. The van der Waals surface area contributed by atoms with Crippen LogP contribution in [0.2, 0.25) is 0 Å². The maximum absolute atomic E-state index is 9.89. The van der Waals surface area contributed by atoms with E-state index in [0.29, 0.717) is 19.6 Å². The molecule has 0 aliphatic heterocycles. The smallest absolute Gasteiger partial charge is 0.304 e. The Morgan fingerprint density at radius 1 is 1.50 bits per heavy atom. The fourth-order valence-electron chi connectivity index (χ4n) is 0.422. The number of aliphatic carboxylic acids is 1. The van der Waals surface area contributed by atoms with Gasteiger partial charge in [0, 0.05) is 19.6 Å². The average molecular weight is 169 g/mol. The molecule has 0 saturated carbocycles. The Balaban J connectivity index is 0. The third-order valence-corrected chi connectivity index (χ3v) is 0.837. The van der Waals surface area contributed by atoms with E-state index in [4.69, 9.17) is 10.8 Å². The van der Waals surface area contributed by atoms with Crippen molar-refractivity contribution >= 4 is 18.4 Å². The maximum Gasteiger partial charge on any atom is 0.304 e. The Morgan fingerprint density at radius 3 is 2.50 bits per heavy atom. The molecule has 10 heavy (non-hydrogen) atoms. The minimum Gasteiger partial charge on any atom is -0.481 e. The number of hydrogen-bond donors (Lipinski definition) is 3. The molecule has 0 fully saturated rings. The molecule has 4 nitrogen and oxygen atoms in total. The van der Waals surface area contributed by atoms with Gasteiger partial charge >= 0.3 is 5.97 Å². The second kappa shape index (κ2) is 8.68. The number of halogens is 1. The van der Waals surface area contributed by atoms with Crippen molar-refractivity contribution in [2.75, 3.05) is 19.6 Å². The van der Waals surface area contributed by atoms with Crippen molar-refractivity contribution in [3.63, 3.8) is 0 Å². The highest BCUT2D eigenvalue weighted by Crippen LogP contribution is 1.72. The van der Waals surface area contributed by atoms with E-state index in [9.17, 15) is 4.79 Å². The molecular weight excluding hydrogens is 156 g/mol. The molecule has 0 aromatic carbocycles. The molecule has 0 spiro atoms. The molecule has 0 amide bonds. The van der Waals surface area contributed by atoms with Gasteiger partial charge in [0.25, 0.3) is 0 Å². The van der Waals surface area contributed by atoms with Crippen LogP contribution in [0.25, 0.3) is 0 Å². The highest BCUT2D eigenvalue weighted by atomic mass is 35.5. The van der Waals surface area contributed by atoms with Crippen LogP contribution in [-0.2, 0) is 4.79 Å². The first kappa shape index (κ1) is 12.4. The lowest BCUT2D eigenvalue weighted by molar-refractivity contribution is -0.136. The zero-order chi connectivity index (χ0) is 7.11. The first-order valence-corrected chi connectivity index (χ1v) is 2.90. The fourth-order valence-corrected chi connectivity index (χ4v) is 0.422. The molecule has 5 heteroatoms. The quantitative estimate of drug-likeness (QED) is 0.481. The summed E-state index contributed by atoms with van der Waals surface area (Å²) in [5.74, 6) is -0.778. The van der Waals surface area contributed by atoms with Crippen molar-refractivity contribution in [1.29, 1.82) is 0 Å². The fraction of sp³-hybridized carbons (Fsp3) is 0.800. The number of rotatable bonds is 5. The van der Waals surface area contributed by atoms with Crippen molar-refractivity contribution in [3.8, 4) is 0 Å². The molecule has 0 aliphatic carbocycles. The van der Waals surface area contributed by atoms with Crippen molar-refractivity contribution in [2.45, 2.75) is 6.42 Å². The van der Waals surface area contributed by atoms with Crippen molar-refractivity contribution in [2.24, 2.45) is 5.73 Å². The number of carbonyl (C=O) groups is 1. The minimum absolute atomic E-state index is 0. The summed E-state index contributed by atoms with van der Waals surface area (Å²) in [6.45, 7) is 1.75. The van der Waals surface area contributed by atoms with E-state index < -0.39 is 5.97 Å². The predicted molar refractivity (Wildman–Crippen MR) is 41.4 cm³/mol. The van der Waals surface area contributed by atoms with Crippen LogP contribution in [0.3, 0.4) is 0 Å². The Labute approximate surface area is 66.2 Å². The van der Waals surface area contributed by atoms with Gasteiger partial charge in [0.15, 0.2) is 0 Å². The van der Waals surface area contributed by atoms with Gasteiger partial charge in [-0.15, -0.1) is 12.4 Å². The second-order valence-electron chi connectivity index (χ2n) is 1.68. The molecule has 0 bridgehead atoms. The molecule has 62 valence electrons. The molecule has 0 aliphatic rings. The van der Waals surface area contributed by atoms with Gasteiger partial charge in [-0.05, 0) is 0 Å². The van der Waals surface area contributed by atoms with Crippen LogP contribution >= 0.6 is 12.4 Å². The summed E-state index contributed by atoms with van der Waals surface area (Å²) in [6.07, 6.45) is 0.167. The number of nitrogens with two attached hydrogens (primary N) is 1. The van der Waals surface area contributed by atoms with Crippen LogP contribution < -0.4 is 11.1 Å². The summed E-state index contributed by atoms with van der Waals surface area (Å²) in [5.41, 5.74) is 5.14. The van der Waals surface area contributed by atoms with Crippen LogP contribution in [0, 0.1) is 0 Å². The Morgan fingerprint density at radius 2 is 2.10 bits per heavy atom. The van der Waals surface area contributed by atoms with Gasteiger partial charge in [-0.1, -0.05) is 0 Å². The van der Waals surface area contributed by atoms with Gasteiger partial charge < -0.3 is 16.2 Å². The average Bonchev–Trinajstić information content (AvgIpc) is 1.80. The number of carboxylic acids is 1. The van der Waals surface area contributed by atoms with E-state index in [2.05, 4.69) is 5.32 Å². The Hall–Kier alpha value is -0.320. The summed E-state index contributed by atoms with van der Waals surface area (Å²) in [5, 5.41) is 11.0. The summed E-state index contributed by atoms with van der Waals surface area (Å²) in [4.78, 5) is 9.89. The molecule has 0 aromatic heterocycles. The molecule has 0 saturated heterocycles. The molecule has 0 heterocycles. The SMILES string of the molecule is Cl.NCCNCCC(=O)O. The zero-order valence-corrected chi connectivity index (χ0v) is 6.49. The summed E-state index contributed by atoms with van der Waals surface area (Å²) < 4.78 is 0. The van der Waals surface area contributed by atoms with Crippen molar-refractivity contribution in [1.82, 2.24) is 5.32 Å². The lowest BCUT2D eigenvalue weighted by atomic mass is 10.4. The second-order valence-corrected chi connectivity index (χ2v) is 1.68. The highest BCUT2D eigenvalue weighted by molar-refractivity contribution is 5.85. The summed E-state index contributed by atoms with van der Waals surface area (Å²) >= 11 is 0. The van der Waals surface area contributed by atoms with Crippen LogP contribution in [0.1, 0.15) is 6.42 Å². The molecule has 0 radical (unpaired) electrons. The van der Waals surface area contributed by atoms with E-state index in [0.717, 1.165) is 0 Å². The largest absolute Gasteiger partial charge is 0.481 e. The van der Waals surface area contributed by atoms with Crippen LogP contribution in [0.4, 0.5) is 0 Å². The van der Waals surface area contributed by atoms with Gasteiger partial charge in [0.1, 0.15) is 0 Å². The number of nitrogens with one attached hydrogen (secondary N) is 1. The normalized spacial score (nSPS) is 8.50. The first-order chi connectivity index (χ1) is 4.27. The Kier molecular flexibility index (Phi) is 10.7. The number of carboxylic acid groups (broad SMARTS) is 1. The van der Waals surface area contributed by atoms with E-state index in [1.54, 1.807) is 0 Å². The lowest BCUT2D eigenvalue weighted by Crippen LogP contribution is -2.24. The van der Waals surface area contributed by atoms with Crippen LogP contribution in [-0.4, -0.2) is 30.7 Å². The van der Waals surface area contributed by atoms with E-state index in [1.807, 2.05) is 0 Å². The van der Waals surface area contributed by atoms with Gasteiger partial charge in [0.05, 0.1) is 6.42 Å². The van der Waals surface area contributed by atoms with E-state index in [-0.39, 0.29) is 18.8 Å². The third-order valence-electron chi connectivity index (χ3n) is 0.837. The van der Waals surface area contributed by atoms with Crippen molar-refractivity contribution in [3.05, 3.63) is 0 Å². The van der Waals surface area contributed by atoms with Gasteiger partial charge in [-0.3, -0.25) is 4.79 Å². The monoisotopic (exact) mass is 168 g/mol. The third kappa shape index (κ3) is 10.6. The van der Waals surface area contributed by atoms with E-state index in [1.165, 1.54) is 0 Å².